The molecule has 0 spiro atoms. The maximum absolute atomic E-state index is 12.9. The highest BCUT2D eigenvalue weighted by Crippen LogP contribution is 2.07. The van der Waals surface area contributed by atoms with E-state index in [9.17, 15) is 19.2 Å². The monoisotopic (exact) mass is 480 g/mol. The predicted octanol–water partition coefficient (Wildman–Crippen LogP) is -0.603. The van der Waals surface area contributed by atoms with E-state index in [2.05, 4.69) is 16.0 Å². The first-order valence-electron chi connectivity index (χ1n) is 10.1. The molecule has 31 heavy (non-hydrogen) atoms. The number of thioether (sulfide) groups is 2. The van der Waals surface area contributed by atoms with E-state index < -0.39 is 54.5 Å². The van der Waals surface area contributed by atoms with Crippen molar-refractivity contribution in [3.63, 3.8) is 0 Å². The van der Waals surface area contributed by atoms with E-state index in [1.165, 1.54) is 23.5 Å². The van der Waals surface area contributed by atoms with Crippen molar-refractivity contribution in [1.82, 2.24) is 16.0 Å². The fourth-order valence-electron chi connectivity index (χ4n) is 2.63. The smallest absolute Gasteiger partial charge is 0.328 e. The number of carboxylic acids is 1. The summed E-state index contributed by atoms with van der Waals surface area (Å²) in [5.41, 5.74) is 5.91. The highest BCUT2D eigenvalue weighted by atomic mass is 32.2. The molecule has 0 aliphatic rings. The molecular weight excluding hydrogens is 444 g/mol. The van der Waals surface area contributed by atoms with Gasteiger partial charge in [-0.05, 0) is 49.2 Å². The number of carbonyl (C=O) groups excluding carboxylic acids is 3. The van der Waals surface area contributed by atoms with E-state index in [0.717, 1.165) is 0 Å². The minimum Gasteiger partial charge on any atom is -0.480 e. The minimum absolute atomic E-state index is 0.215. The van der Waals surface area contributed by atoms with Gasteiger partial charge in [0.1, 0.15) is 18.1 Å². The van der Waals surface area contributed by atoms with Gasteiger partial charge in [0, 0.05) is 0 Å². The Balaban J connectivity index is 5.30. The van der Waals surface area contributed by atoms with Gasteiger partial charge >= 0.3 is 5.97 Å². The standard InChI is InChI=1S/C19H36N4O6S2/c1-11(2)9-12(20)16(25)21-13(5-7-30-3)17(26)22-14(6-8-31-4)18(27)23-15(10-24)19(28)29/h11-15,24H,5-10,20H2,1-4H3,(H,21,25)(H,22,26)(H,23,27)(H,28,29). The Kier molecular flexibility index (Phi) is 15.4. The van der Waals surface area contributed by atoms with Gasteiger partial charge in [0.15, 0.2) is 0 Å². The fourth-order valence-corrected chi connectivity index (χ4v) is 3.58. The zero-order valence-electron chi connectivity index (χ0n) is 18.6. The van der Waals surface area contributed by atoms with E-state index in [0.29, 0.717) is 24.3 Å². The van der Waals surface area contributed by atoms with Crippen LogP contribution in [0.3, 0.4) is 0 Å². The number of aliphatic hydroxyl groups is 1. The van der Waals surface area contributed by atoms with Crippen molar-refractivity contribution < 1.29 is 29.4 Å². The fraction of sp³-hybridized carbons (Fsp3) is 0.789. The summed E-state index contributed by atoms with van der Waals surface area (Å²) in [6.45, 7) is 3.11. The van der Waals surface area contributed by atoms with Crippen LogP contribution in [0, 0.1) is 5.92 Å². The number of carboxylic acid groups (broad SMARTS) is 1. The first-order valence-corrected chi connectivity index (χ1v) is 12.8. The molecule has 7 N–H and O–H groups in total. The van der Waals surface area contributed by atoms with Crippen LogP contribution in [-0.2, 0) is 19.2 Å². The van der Waals surface area contributed by atoms with Gasteiger partial charge in [-0.3, -0.25) is 14.4 Å². The number of carbonyl (C=O) groups is 4. The number of nitrogens with one attached hydrogen (secondary N) is 3. The molecule has 0 fully saturated rings. The lowest BCUT2D eigenvalue weighted by Crippen LogP contribution is -2.57. The molecule has 4 atom stereocenters. The number of rotatable bonds is 16. The highest BCUT2D eigenvalue weighted by Gasteiger charge is 2.29. The lowest BCUT2D eigenvalue weighted by molar-refractivity contribution is -0.143. The van der Waals surface area contributed by atoms with Crippen LogP contribution in [-0.4, -0.2) is 88.7 Å². The lowest BCUT2D eigenvalue weighted by Gasteiger charge is -2.25. The Morgan fingerprint density at radius 3 is 1.61 bits per heavy atom. The molecule has 0 heterocycles. The molecule has 180 valence electrons. The summed E-state index contributed by atoms with van der Waals surface area (Å²) in [5, 5.41) is 25.7. The Labute approximate surface area is 192 Å². The number of aliphatic carboxylic acids is 1. The molecule has 12 heteroatoms. The molecule has 0 radical (unpaired) electrons. The van der Waals surface area contributed by atoms with Crippen LogP contribution < -0.4 is 21.7 Å². The van der Waals surface area contributed by atoms with Crippen LogP contribution in [0.15, 0.2) is 0 Å². The Morgan fingerprint density at radius 2 is 1.26 bits per heavy atom. The van der Waals surface area contributed by atoms with Gasteiger partial charge < -0.3 is 31.9 Å². The zero-order chi connectivity index (χ0) is 24.0. The average Bonchev–Trinajstić information content (AvgIpc) is 2.70. The lowest BCUT2D eigenvalue weighted by atomic mass is 10.0. The molecule has 0 aliphatic carbocycles. The highest BCUT2D eigenvalue weighted by molar-refractivity contribution is 7.98. The maximum atomic E-state index is 12.9. The number of amides is 3. The largest absolute Gasteiger partial charge is 0.480 e. The van der Waals surface area contributed by atoms with Gasteiger partial charge in [-0.2, -0.15) is 23.5 Å². The van der Waals surface area contributed by atoms with Gasteiger partial charge in [-0.15, -0.1) is 0 Å². The summed E-state index contributed by atoms with van der Waals surface area (Å²) in [5.74, 6) is -1.72. The van der Waals surface area contributed by atoms with Crippen LogP contribution in [0.4, 0.5) is 0 Å². The molecule has 0 aromatic rings. The molecule has 0 saturated carbocycles. The number of hydrogen-bond acceptors (Lipinski definition) is 8. The molecule has 0 rings (SSSR count). The normalized spacial score (nSPS) is 14.9. The summed E-state index contributed by atoms with van der Waals surface area (Å²) in [7, 11) is 0. The van der Waals surface area contributed by atoms with Gasteiger partial charge in [0.05, 0.1) is 12.6 Å². The quantitative estimate of drug-likeness (QED) is 0.169. The van der Waals surface area contributed by atoms with Crippen LogP contribution in [0.5, 0.6) is 0 Å². The van der Waals surface area contributed by atoms with Gasteiger partial charge in [-0.25, -0.2) is 4.79 Å². The molecule has 0 saturated heterocycles. The van der Waals surface area contributed by atoms with Crippen molar-refractivity contribution in [3.8, 4) is 0 Å². The van der Waals surface area contributed by atoms with Crippen molar-refractivity contribution in [1.29, 1.82) is 0 Å². The first-order chi connectivity index (χ1) is 14.6. The summed E-state index contributed by atoms with van der Waals surface area (Å²) >= 11 is 2.97. The second-order valence-corrected chi connectivity index (χ2v) is 9.47. The van der Waals surface area contributed by atoms with E-state index in [1.54, 1.807) is 0 Å². The zero-order valence-corrected chi connectivity index (χ0v) is 20.2. The van der Waals surface area contributed by atoms with Gasteiger partial charge in [-0.1, -0.05) is 13.8 Å². The van der Waals surface area contributed by atoms with Crippen molar-refractivity contribution >= 4 is 47.2 Å². The molecule has 0 bridgehead atoms. The molecule has 0 aromatic heterocycles. The first kappa shape index (κ1) is 29.5. The number of nitrogens with two attached hydrogens (primary N) is 1. The van der Waals surface area contributed by atoms with Gasteiger partial charge in [0.2, 0.25) is 17.7 Å². The van der Waals surface area contributed by atoms with Crippen LogP contribution >= 0.6 is 23.5 Å². The average molecular weight is 481 g/mol. The van der Waals surface area contributed by atoms with E-state index in [4.69, 9.17) is 15.9 Å². The Bertz CT molecular complexity index is 594. The Hall–Kier alpha value is -1.50. The van der Waals surface area contributed by atoms with Crippen LogP contribution in [0.1, 0.15) is 33.1 Å². The minimum atomic E-state index is -1.47. The molecule has 4 unspecified atom stereocenters. The van der Waals surface area contributed by atoms with E-state index in [1.807, 2.05) is 26.4 Å². The maximum Gasteiger partial charge on any atom is 0.328 e. The second kappa shape index (κ2) is 16.2. The molecule has 3 amide bonds. The van der Waals surface area contributed by atoms with Crippen molar-refractivity contribution in [2.75, 3.05) is 30.6 Å². The van der Waals surface area contributed by atoms with Crippen molar-refractivity contribution in [2.45, 2.75) is 57.3 Å². The van der Waals surface area contributed by atoms with Crippen LogP contribution in [0.2, 0.25) is 0 Å². The SMILES string of the molecule is CSCCC(NC(=O)C(N)CC(C)C)C(=O)NC(CCSC)C(=O)NC(CO)C(=O)O. The van der Waals surface area contributed by atoms with E-state index in [-0.39, 0.29) is 12.3 Å². The second-order valence-electron chi connectivity index (χ2n) is 7.50. The topological polar surface area (TPSA) is 171 Å². The van der Waals surface area contributed by atoms with Gasteiger partial charge in [0.25, 0.3) is 0 Å². The molecule has 10 nitrogen and oxygen atoms in total. The third-order valence-electron chi connectivity index (χ3n) is 4.35. The molecular formula is C19H36N4O6S2. The number of hydrogen-bond donors (Lipinski definition) is 6. The van der Waals surface area contributed by atoms with Crippen LogP contribution in [0.25, 0.3) is 0 Å². The summed E-state index contributed by atoms with van der Waals surface area (Å²) in [6.07, 6.45) is 4.78. The Morgan fingerprint density at radius 1 is 0.839 bits per heavy atom. The van der Waals surface area contributed by atoms with Crippen molar-refractivity contribution in [2.24, 2.45) is 11.7 Å². The third-order valence-corrected chi connectivity index (χ3v) is 5.63. The third kappa shape index (κ3) is 12.2. The van der Waals surface area contributed by atoms with E-state index >= 15 is 0 Å². The molecule has 0 aromatic carbocycles. The van der Waals surface area contributed by atoms with Crippen molar-refractivity contribution in [3.05, 3.63) is 0 Å². The summed E-state index contributed by atoms with van der Waals surface area (Å²) < 4.78 is 0. The summed E-state index contributed by atoms with van der Waals surface area (Å²) in [4.78, 5) is 48.9. The molecule has 0 aliphatic heterocycles. The number of aliphatic hydroxyl groups excluding tert-OH is 1. The summed E-state index contributed by atoms with van der Waals surface area (Å²) in [6, 6.07) is -4.11. The predicted molar refractivity (Wildman–Crippen MR) is 124 cm³/mol.